The minimum Gasteiger partial charge on any atom is -0.394 e. The van der Waals surface area contributed by atoms with Crippen molar-refractivity contribution in [1.82, 2.24) is 5.32 Å². The Hall–Kier alpha value is -2.63. The summed E-state index contributed by atoms with van der Waals surface area (Å²) in [6.07, 6.45) is 87.1. The smallest absolute Gasteiger partial charge is 0.220 e. The van der Waals surface area contributed by atoms with E-state index < -0.39 is 49.5 Å². The van der Waals surface area contributed by atoms with Crippen LogP contribution in [-0.4, -0.2) is 87.5 Å². The minimum atomic E-state index is -1.58. The Bertz CT molecular complexity index is 1640. The molecule has 0 aromatic rings. The van der Waals surface area contributed by atoms with Crippen LogP contribution < -0.4 is 5.32 Å². The van der Waals surface area contributed by atoms with Gasteiger partial charge in [-0.15, -0.1) is 0 Å². The Morgan fingerprint density at radius 2 is 0.733 bits per heavy atom. The zero-order chi connectivity index (χ0) is 62.1. The zero-order valence-electron chi connectivity index (χ0n) is 56.1. The molecule has 1 aliphatic heterocycles. The van der Waals surface area contributed by atoms with Crippen LogP contribution in [0.3, 0.4) is 0 Å². The van der Waals surface area contributed by atoms with Crippen molar-refractivity contribution < 1.29 is 39.8 Å². The molecule has 6 N–H and O–H groups in total. The largest absolute Gasteiger partial charge is 0.394 e. The third-order valence-electron chi connectivity index (χ3n) is 17.2. The first-order valence-electron chi connectivity index (χ1n) is 36.8. The van der Waals surface area contributed by atoms with Gasteiger partial charge in [-0.25, -0.2) is 0 Å². The van der Waals surface area contributed by atoms with E-state index in [4.69, 9.17) is 9.47 Å². The molecule has 500 valence electrons. The van der Waals surface area contributed by atoms with Gasteiger partial charge in [0.15, 0.2) is 6.29 Å². The number of amides is 1. The van der Waals surface area contributed by atoms with Gasteiger partial charge in [0.2, 0.25) is 5.91 Å². The molecule has 1 saturated heterocycles. The van der Waals surface area contributed by atoms with Crippen LogP contribution >= 0.6 is 0 Å². The Morgan fingerprint density at radius 3 is 1.12 bits per heavy atom. The number of unbranched alkanes of at least 4 members (excludes halogenated alkanes) is 42. The van der Waals surface area contributed by atoms with Crippen molar-refractivity contribution in [3.63, 3.8) is 0 Å². The molecule has 0 aromatic heterocycles. The van der Waals surface area contributed by atoms with Crippen LogP contribution in [0.5, 0.6) is 0 Å². The number of aliphatic hydroxyl groups excluding tert-OH is 5. The first-order chi connectivity index (χ1) is 42.3. The van der Waals surface area contributed by atoms with Crippen LogP contribution in [0.2, 0.25) is 0 Å². The van der Waals surface area contributed by atoms with Gasteiger partial charge in [-0.1, -0.05) is 343 Å². The number of allylic oxidation sites excluding steroid dienone is 13. The Labute approximate surface area is 531 Å². The number of hydrogen-bond donors (Lipinski definition) is 6. The molecule has 0 spiro atoms. The highest BCUT2D eigenvalue weighted by molar-refractivity contribution is 5.76. The number of aliphatic hydroxyl groups is 5. The van der Waals surface area contributed by atoms with Crippen molar-refractivity contribution in [2.24, 2.45) is 0 Å². The van der Waals surface area contributed by atoms with Crippen LogP contribution in [0.1, 0.15) is 341 Å². The lowest BCUT2D eigenvalue weighted by Gasteiger charge is -2.40. The molecule has 0 radical (unpaired) electrons. The van der Waals surface area contributed by atoms with Crippen molar-refractivity contribution >= 4 is 5.91 Å². The molecule has 1 fully saturated rings. The molecular formula is C77H139NO8. The van der Waals surface area contributed by atoms with Gasteiger partial charge in [-0.2, -0.15) is 0 Å². The molecule has 1 aliphatic rings. The molecule has 0 aromatic carbocycles. The van der Waals surface area contributed by atoms with Crippen LogP contribution in [0.25, 0.3) is 0 Å². The maximum Gasteiger partial charge on any atom is 0.220 e. The lowest BCUT2D eigenvalue weighted by molar-refractivity contribution is -0.302. The maximum absolute atomic E-state index is 13.1. The van der Waals surface area contributed by atoms with Gasteiger partial charge in [-0.3, -0.25) is 4.79 Å². The molecule has 0 aliphatic carbocycles. The van der Waals surface area contributed by atoms with E-state index in [1.807, 2.05) is 6.08 Å². The van der Waals surface area contributed by atoms with E-state index in [0.29, 0.717) is 6.42 Å². The van der Waals surface area contributed by atoms with Crippen LogP contribution in [0, 0.1) is 0 Å². The van der Waals surface area contributed by atoms with Crippen LogP contribution in [0.15, 0.2) is 85.1 Å². The Morgan fingerprint density at radius 1 is 0.407 bits per heavy atom. The van der Waals surface area contributed by atoms with E-state index in [0.717, 1.165) is 70.6 Å². The van der Waals surface area contributed by atoms with E-state index in [9.17, 15) is 30.3 Å². The summed E-state index contributed by atoms with van der Waals surface area (Å²) in [6.45, 7) is 3.69. The predicted molar refractivity (Wildman–Crippen MR) is 368 cm³/mol. The fourth-order valence-corrected chi connectivity index (χ4v) is 11.5. The fraction of sp³-hybridized carbons (Fsp3) is 0.805. The van der Waals surface area contributed by atoms with Crippen molar-refractivity contribution in [3.05, 3.63) is 85.1 Å². The summed E-state index contributed by atoms with van der Waals surface area (Å²) in [5.41, 5.74) is 0. The second-order valence-corrected chi connectivity index (χ2v) is 25.3. The molecule has 0 bridgehead atoms. The Kier molecular flexibility index (Phi) is 61.8. The average Bonchev–Trinajstić information content (AvgIpc) is 3.59. The van der Waals surface area contributed by atoms with E-state index in [2.05, 4.69) is 92.1 Å². The van der Waals surface area contributed by atoms with Crippen LogP contribution in [-0.2, 0) is 14.3 Å². The van der Waals surface area contributed by atoms with Crippen molar-refractivity contribution in [1.29, 1.82) is 0 Å². The van der Waals surface area contributed by atoms with Crippen molar-refractivity contribution in [2.45, 2.75) is 384 Å². The van der Waals surface area contributed by atoms with Crippen molar-refractivity contribution in [2.75, 3.05) is 13.2 Å². The predicted octanol–water partition coefficient (Wildman–Crippen LogP) is 20.5. The molecule has 9 nitrogen and oxygen atoms in total. The number of carbonyl (C=O) groups excluding carboxylic acids is 1. The maximum atomic E-state index is 13.1. The van der Waals surface area contributed by atoms with Gasteiger partial charge < -0.3 is 40.3 Å². The summed E-state index contributed by atoms with van der Waals surface area (Å²) in [7, 11) is 0. The number of nitrogens with one attached hydrogen (secondary N) is 1. The normalized spacial score (nSPS) is 18.5. The number of ether oxygens (including phenoxy) is 2. The van der Waals surface area contributed by atoms with Gasteiger partial charge in [0.25, 0.3) is 0 Å². The minimum absolute atomic E-state index is 0.185. The van der Waals surface area contributed by atoms with E-state index in [-0.39, 0.29) is 12.5 Å². The van der Waals surface area contributed by atoms with Gasteiger partial charge in [0.1, 0.15) is 24.4 Å². The fourth-order valence-electron chi connectivity index (χ4n) is 11.5. The second-order valence-electron chi connectivity index (χ2n) is 25.3. The summed E-state index contributed by atoms with van der Waals surface area (Å²) in [5.74, 6) is -0.185. The van der Waals surface area contributed by atoms with Crippen molar-refractivity contribution in [3.8, 4) is 0 Å². The van der Waals surface area contributed by atoms with E-state index >= 15 is 0 Å². The molecular weight excluding hydrogens is 1070 g/mol. The molecule has 1 heterocycles. The van der Waals surface area contributed by atoms with Gasteiger partial charge in [0.05, 0.1) is 25.4 Å². The van der Waals surface area contributed by atoms with Gasteiger partial charge in [-0.05, 0) is 77.0 Å². The molecule has 1 amide bonds. The highest BCUT2D eigenvalue weighted by atomic mass is 16.7. The molecule has 9 heteroatoms. The quantitative estimate of drug-likeness (QED) is 0.0261. The third-order valence-corrected chi connectivity index (χ3v) is 17.2. The summed E-state index contributed by atoms with van der Waals surface area (Å²) in [5, 5.41) is 54.8. The molecule has 7 unspecified atom stereocenters. The molecule has 0 saturated carbocycles. The zero-order valence-corrected chi connectivity index (χ0v) is 56.1. The number of carbonyl (C=O) groups is 1. The number of hydrogen-bond acceptors (Lipinski definition) is 8. The first kappa shape index (κ1) is 81.4. The standard InChI is InChI=1S/C77H139NO8/c1-3-5-7-9-11-13-15-17-19-21-23-25-27-29-31-33-35-37-38-40-42-44-46-48-50-52-54-56-58-60-62-64-66-71(80)70(69-85-77-76(84)75(83)74(82)72(68-79)86-77)78-73(81)67-65-63-61-59-57-55-53-51-49-47-45-43-41-39-36-34-32-30-28-26-24-22-20-18-16-14-12-10-8-6-4-2/h6,8,12,14,18,20,24,26,30,32,56,58,64,66,70-72,74-77,79-80,82-84H,3-5,7,9-11,13,15-17,19,21-23,25,27-29,31,33-55,57,59-63,65,67-69H2,1-2H3,(H,78,81)/b8-6-,14-12-,20-18-,26-24-,32-30-,58-56+,66-64+. The second kappa shape index (κ2) is 65.3. The summed E-state index contributed by atoms with van der Waals surface area (Å²) < 4.78 is 11.3. The SMILES string of the molecule is CC/C=C\C/C=C\C/C=C\C/C=C\C/C=C\CCCCCCCCCCCCCCCCCC(=O)NC(COC1OC(CO)C(O)C(O)C1O)C(O)/C=C/CC/C=C/CCCCCCCCCCCCCCCCCCCCCCCCCCCC. The van der Waals surface area contributed by atoms with E-state index in [1.54, 1.807) is 6.08 Å². The van der Waals surface area contributed by atoms with Gasteiger partial charge >= 0.3 is 0 Å². The summed E-state index contributed by atoms with van der Waals surface area (Å²) in [4.78, 5) is 13.1. The first-order valence-corrected chi connectivity index (χ1v) is 36.8. The van der Waals surface area contributed by atoms with Gasteiger partial charge in [0, 0.05) is 6.42 Å². The number of rotatable bonds is 64. The highest BCUT2D eigenvalue weighted by Gasteiger charge is 2.44. The summed E-state index contributed by atoms with van der Waals surface area (Å²) >= 11 is 0. The summed E-state index contributed by atoms with van der Waals surface area (Å²) in [6, 6.07) is -0.828. The topological polar surface area (TPSA) is 149 Å². The van der Waals surface area contributed by atoms with Crippen LogP contribution in [0.4, 0.5) is 0 Å². The Balaban J connectivity index is 2.13. The lowest BCUT2D eigenvalue weighted by Crippen LogP contribution is -2.60. The highest BCUT2D eigenvalue weighted by Crippen LogP contribution is 2.23. The lowest BCUT2D eigenvalue weighted by atomic mass is 9.99. The molecule has 7 atom stereocenters. The molecule has 1 rings (SSSR count). The van der Waals surface area contributed by atoms with E-state index in [1.165, 1.54) is 250 Å². The monoisotopic (exact) mass is 1210 g/mol. The average molecular weight is 1210 g/mol. The molecule has 86 heavy (non-hydrogen) atoms. The third kappa shape index (κ3) is 53.2.